The molecule has 1 fully saturated rings. The van der Waals surface area contributed by atoms with Crippen molar-refractivity contribution in [3.05, 3.63) is 35.9 Å². The molecular formula is C14H18N2O4. The second kappa shape index (κ2) is 6.91. The molecule has 6 nitrogen and oxygen atoms in total. The Labute approximate surface area is 117 Å². The first kappa shape index (κ1) is 14.3. The molecule has 108 valence electrons. The molecule has 1 aliphatic heterocycles. The fraction of sp³-hybridized carbons (Fsp3) is 0.429. The van der Waals surface area contributed by atoms with Crippen LogP contribution in [0.2, 0.25) is 0 Å². The van der Waals surface area contributed by atoms with Crippen LogP contribution >= 0.6 is 0 Å². The number of carbonyl (C=O) groups is 2. The maximum absolute atomic E-state index is 11.6. The summed E-state index contributed by atoms with van der Waals surface area (Å²) in [6.45, 7) is 0.757. The molecule has 2 rings (SSSR count). The Kier molecular flexibility index (Phi) is 4.95. The third-order valence-corrected chi connectivity index (χ3v) is 3.15. The molecule has 0 radical (unpaired) electrons. The minimum absolute atomic E-state index is 0.123. The lowest BCUT2D eigenvalue weighted by molar-refractivity contribution is -0.142. The van der Waals surface area contributed by atoms with E-state index in [1.807, 2.05) is 30.3 Å². The van der Waals surface area contributed by atoms with Crippen LogP contribution < -0.4 is 10.6 Å². The summed E-state index contributed by atoms with van der Waals surface area (Å²) in [5.41, 5.74) is 0.930. The number of carbonyl (C=O) groups excluding carboxylic acids is 2. The van der Waals surface area contributed by atoms with Crippen molar-refractivity contribution in [1.29, 1.82) is 0 Å². The van der Waals surface area contributed by atoms with E-state index in [0.717, 1.165) is 5.56 Å². The third-order valence-electron chi connectivity index (χ3n) is 3.15. The fourth-order valence-electron chi connectivity index (χ4n) is 2.10. The lowest BCUT2D eigenvalue weighted by Gasteiger charge is -2.12. The van der Waals surface area contributed by atoms with Crippen molar-refractivity contribution >= 4 is 12.1 Å². The van der Waals surface area contributed by atoms with Crippen molar-refractivity contribution in [2.45, 2.75) is 25.1 Å². The summed E-state index contributed by atoms with van der Waals surface area (Å²) in [6, 6.07) is 8.97. The van der Waals surface area contributed by atoms with E-state index < -0.39 is 6.09 Å². The van der Waals surface area contributed by atoms with Crippen LogP contribution in [0.25, 0.3) is 0 Å². The van der Waals surface area contributed by atoms with Gasteiger partial charge in [0.15, 0.2) is 0 Å². The molecule has 20 heavy (non-hydrogen) atoms. The van der Waals surface area contributed by atoms with Crippen LogP contribution in [0, 0.1) is 0 Å². The van der Waals surface area contributed by atoms with Gasteiger partial charge in [0, 0.05) is 12.6 Å². The maximum Gasteiger partial charge on any atom is 0.407 e. The quantitative estimate of drug-likeness (QED) is 0.797. The standard InChI is InChI=1S/C14H18N2O4/c1-19-13(17)12-7-11(8-15-12)16-14(18)20-9-10-5-3-2-4-6-10/h2-6,11-12,15H,7-9H2,1H3,(H,16,18)/t11-,12+/m0/s1. The summed E-state index contributed by atoms with van der Waals surface area (Å²) in [7, 11) is 1.35. The zero-order valence-corrected chi connectivity index (χ0v) is 11.3. The SMILES string of the molecule is COC(=O)[C@H]1C[C@H](NC(=O)OCc2ccccc2)CN1. The molecule has 2 N–H and O–H groups in total. The van der Waals surface area contributed by atoms with E-state index in [0.29, 0.717) is 13.0 Å². The number of alkyl carbamates (subject to hydrolysis) is 1. The molecule has 0 bridgehead atoms. The first-order chi connectivity index (χ1) is 9.69. The monoisotopic (exact) mass is 278 g/mol. The lowest BCUT2D eigenvalue weighted by Crippen LogP contribution is -2.36. The molecule has 1 heterocycles. The second-order valence-electron chi connectivity index (χ2n) is 4.62. The highest BCUT2D eigenvalue weighted by Crippen LogP contribution is 2.08. The van der Waals surface area contributed by atoms with Gasteiger partial charge in [-0.15, -0.1) is 0 Å². The zero-order valence-electron chi connectivity index (χ0n) is 11.3. The van der Waals surface area contributed by atoms with Crippen LogP contribution in [-0.2, 0) is 20.9 Å². The van der Waals surface area contributed by atoms with Gasteiger partial charge >= 0.3 is 12.1 Å². The minimum atomic E-state index is -0.480. The Hall–Kier alpha value is -2.08. The third kappa shape index (κ3) is 3.96. The minimum Gasteiger partial charge on any atom is -0.468 e. The summed E-state index contributed by atoms with van der Waals surface area (Å²) in [4.78, 5) is 23.0. The average molecular weight is 278 g/mol. The van der Waals surface area contributed by atoms with Crippen LogP contribution in [0.1, 0.15) is 12.0 Å². The topological polar surface area (TPSA) is 76.7 Å². The predicted molar refractivity (Wildman–Crippen MR) is 72.0 cm³/mol. The number of hydrogen-bond acceptors (Lipinski definition) is 5. The van der Waals surface area contributed by atoms with E-state index in [-0.39, 0.29) is 24.7 Å². The van der Waals surface area contributed by atoms with Gasteiger partial charge in [0.1, 0.15) is 12.6 Å². The molecule has 0 saturated carbocycles. The Balaban J connectivity index is 1.72. The summed E-state index contributed by atoms with van der Waals surface area (Å²) in [5.74, 6) is -0.313. The van der Waals surface area contributed by atoms with Crippen LogP contribution in [0.15, 0.2) is 30.3 Å². The zero-order chi connectivity index (χ0) is 14.4. The summed E-state index contributed by atoms with van der Waals surface area (Å²) >= 11 is 0. The summed E-state index contributed by atoms with van der Waals surface area (Å²) in [6.07, 6.45) is 0.0267. The van der Waals surface area contributed by atoms with Gasteiger partial charge in [0.2, 0.25) is 0 Å². The van der Waals surface area contributed by atoms with Crippen LogP contribution in [0.5, 0.6) is 0 Å². The van der Waals surface area contributed by atoms with Crippen LogP contribution in [0.4, 0.5) is 4.79 Å². The number of benzene rings is 1. The lowest BCUT2D eigenvalue weighted by atomic mass is 10.2. The van der Waals surface area contributed by atoms with Gasteiger partial charge in [-0.25, -0.2) is 4.79 Å². The van der Waals surface area contributed by atoms with E-state index in [4.69, 9.17) is 4.74 Å². The molecule has 0 unspecified atom stereocenters. The van der Waals surface area contributed by atoms with Gasteiger partial charge in [0.25, 0.3) is 0 Å². The number of hydrogen-bond donors (Lipinski definition) is 2. The van der Waals surface area contributed by atoms with Crippen molar-refractivity contribution in [1.82, 2.24) is 10.6 Å². The first-order valence-corrected chi connectivity index (χ1v) is 6.47. The van der Waals surface area contributed by atoms with Crippen molar-refractivity contribution < 1.29 is 19.1 Å². The Morgan fingerprint density at radius 2 is 2.10 bits per heavy atom. The van der Waals surface area contributed by atoms with Gasteiger partial charge in [-0.05, 0) is 12.0 Å². The van der Waals surface area contributed by atoms with Crippen molar-refractivity contribution in [2.24, 2.45) is 0 Å². The van der Waals surface area contributed by atoms with E-state index in [1.165, 1.54) is 7.11 Å². The maximum atomic E-state index is 11.6. The van der Waals surface area contributed by atoms with Gasteiger partial charge in [-0.3, -0.25) is 4.79 Å². The predicted octanol–water partition coefficient (Wildman–Crippen LogP) is 0.816. The number of methoxy groups -OCH3 is 1. The number of amides is 1. The van der Waals surface area contributed by atoms with Gasteiger partial charge in [-0.1, -0.05) is 30.3 Å². The highest BCUT2D eigenvalue weighted by molar-refractivity contribution is 5.76. The van der Waals surface area contributed by atoms with Crippen molar-refractivity contribution in [3.8, 4) is 0 Å². The van der Waals surface area contributed by atoms with E-state index in [2.05, 4.69) is 15.4 Å². The van der Waals surface area contributed by atoms with Gasteiger partial charge in [0.05, 0.1) is 7.11 Å². The number of esters is 1. The highest BCUT2D eigenvalue weighted by atomic mass is 16.5. The van der Waals surface area contributed by atoms with E-state index in [9.17, 15) is 9.59 Å². The van der Waals surface area contributed by atoms with Crippen molar-refractivity contribution in [3.63, 3.8) is 0 Å². The fourth-order valence-corrected chi connectivity index (χ4v) is 2.10. The second-order valence-corrected chi connectivity index (χ2v) is 4.62. The molecular weight excluding hydrogens is 260 g/mol. The molecule has 2 atom stereocenters. The van der Waals surface area contributed by atoms with Gasteiger partial charge in [-0.2, -0.15) is 0 Å². The highest BCUT2D eigenvalue weighted by Gasteiger charge is 2.31. The number of rotatable bonds is 4. The molecule has 1 amide bonds. The molecule has 1 aliphatic rings. The smallest absolute Gasteiger partial charge is 0.407 e. The number of nitrogens with one attached hydrogen (secondary N) is 2. The Bertz CT molecular complexity index is 464. The van der Waals surface area contributed by atoms with Gasteiger partial charge < -0.3 is 20.1 Å². The molecule has 0 spiro atoms. The average Bonchev–Trinajstić information content (AvgIpc) is 2.94. The summed E-state index contributed by atoms with van der Waals surface area (Å²) < 4.78 is 9.77. The molecule has 0 aromatic heterocycles. The molecule has 1 aromatic carbocycles. The van der Waals surface area contributed by atoms with Crippen LogP contribution in [0.3, 0.4) is 0 Å². The van der Waals surface area contributed by atoms with E-state index in [1.54, 1.807) is 0 Å². The normalized spacial score (nSPS) is 21.2. The Morgan fingerprint density at radius 3 is 2.80 bits per heavy atom. The molecule has 1 aromatic rings. The number of ether oxygens (including phenoxy) is 2. The van der Waals surface area contributed by atoms with Crippen molar-refractivity contribution in [2.75, 3.05) is 13.7 Å². The molecule has 1 saturated heterocycles. The van der Waals surface area contributed by atoms with E-state index >= 15 is 0 Å². The first-order valence-electron chi connectivity index (χ1n) is 6.47. The largest absolute Gasteiger partial charge is 0.468 e. The Morgan fingerprint density at radius 1 is 1.35 bits per heavy atom. The molecule has 6 heteroatoms. The summed E-state index contributed by atoms with van der Waals surface area (Å²) in [5, 5.41) is 5.72. The molecule has 0 aliphatic carbocycles. The van der Waals surface area contributed by atoms with Crippen LogP contribution in [-0.4, -0.2) is 37.8 Å².